The van der Waals surface area contributed by atoms with Crippen molar-refractivity contribution in [2.75, 3.05) is 7.05 Å². The van der Waals surface area contributed by atoms with Gasteiger partial charge in [0.1, 0.15) is 0 Å². The summed E-state index contributed by atoms with van der Waals surface area (Å²) in [5, 5.41) is 3.26. The zero-order chi connectivity index (χ0) is 13.4. The lowest BCUT2D eigenvalue weighted by Gasteiger charge is -2.47. The van der Waals surface area contributed by atoms with E-state index in [1.54, 1.807) is 0 Å². The Labute approximate surface area is 115 Å². The molecule has 1 aliphatic carbocycles. The number of piperidine rings is 2. The molecule has 4 nitrogen and oxygen atoms in total. The van der Waals surface area contributed by atoms with Gasteiger partial charge in [-0.3, -0.25) is 4.79 Å². The fraction of sp³-hybridized carbons (Fsp3) is 0.800. The van der Waals surface area contributed by atoms with E-state index in [1.165, 1.54) is 19.3 Å². The van der Waals surface area contributed by atoms with E-state index in [1.807, 2.05) is 12.2 Å². The first kappa shape index (κ1) is 13.1. The summed E-state index contributed by atoms with van der Waals surface area (Å²) in [4.78, 5) is 14.8. The molecule has 3 aliphatic rings. The number of hydrogen-bond donors (Lipinski definition) is 2. The van der Waals surface area contributed by atoms with Crippen molar-refractivity contribution in [1.29, 1.82) is 0 Å². The lowest BCUT2D eigenvalue weighted by Crippen LogP contribution is -2.55. The van der Waals surface area contributed by atoms with Crippen molar-refractivity contribution >= 4 is 5.91 Å². The maximum absolute atomic E-state index is 12.2. The topological polar surface area (TPSA) is 58.4 Å². The zero-order valence-electron chi connectivity index (χ0n) is 11.7. The SMILES string of the molecule is CN1C2CCCC1CC(NC(=O)C1C=CC(N)C1)C2. The maximum atomic E-state index is 12.2. The number of hydrogen-bond acceptors (Lipinski definition) is 3. The fourth-order valence-electron chi connectivity index (χ4n) is 3.96. The number of fused-ring (bicyclic) bond motifs is 2. The summed E-state index contributed by atoms with van der Waals surface area (Å²) in [5.41, 5.74) is 5.82. The third-order valence-electron chi connectivity index (χ3n) is 5.14. The molecule has 1 amide bonds. The quantitative estimate of drug-likeness (QED) is 0.731. The summed E-state index contributed by atoms with van der Waals surface area (Å²) in [6.07, 6.45) is 10.8. The van der Waals surface area contributed by atoms with Crippen LogP contribution in [-0.2, 0) is 4.79 Å². The van der Waals surface area contributed by atoms with E-state index in [-0.39, 0.29) is 17.9 Å². The Hall–Kier alpha value is -0.870. The molecule has 3 rings (SSSR count). The lowest BCUT2D eigenvalue weighted by molar-refractivity contribution is -0.125. The van der Waals surface area contributed by atoms with Crippen LogP contribution in [0.4, 0.5) is 0 Å². The molecule has 0 saturated carbocycles. The first-order valence-electron chi connectivity index (χ1n) is 7.59. The second-order valence-electron chi connectivity index (χ2n) is 6.47. The minimum atomic E-state index is -0.00510. The molecule has 2 aliphatic heterocycles. The number of carbonyl (C=O) groups is 1. The van der Waals surface area contributed by atoms with E-state index < -0.39 is 0 Å². The van der Waals surface area contributed by atoms with Crippen molar-refractivity contribution in [2.45, 2.75) is 62.7 Å². The molecule has 2 saturated heterocycles. The van der Waals surface area contributed by atoms with Gasteiger partial charge in [-0.15, -0.1) is 0 Å². The van der Waals surface area contributed by atoms with Gasteiger partial charge in [-0.25, -0.2) is 0 Å². The summed E-state index contributed by atoms with van der Waals surface area (Å²) >= 11 is 0. The van der Waals surface area contributed by atoms with Crippen LogP contribution >= 0.6 is 0 Å². The smallest absolute Gasteiger partial charge is 0.227 e. The van der Waals surface area contributed by atoms with Crippen molar-refractivity contribution in [1.82, 2.24) is 10.2 Å². The van der Waals surface area contributed by atoms with Crippen molar-refractivity contribution in [3.8, 4) is 0 Å². The van der Waals surface area contributed by atoms with Gasteiger partial charge in [-0.1, -0.05) is 18.6 Å². The lowest BCUT2D eigenvalue weighted by atomic mass is 9.82. The van der Waals surface area contributed by atoms with Crippen molar-refractivity contribution in [3.05, 3.63) is 12.2 Å². The Bertz CT molecular complexity index is 368. The average molecular weight is 263 g/mol. The Kier molecular flexibility index (Phi) is 3.63. The minimum absolute atomic E-state index is 0.00510. The molecule has 19 heavy (non-hydrogen) atoms. The van der Waals surface area contributed by atoms with Gasteiger partial charge in [0.05, 0.1) is 5.92 Å². The minimum Gasteiger partial charge on any atom is -0.353 e. The van der Waals surface area contributed by atoms with Gasteiger partial charge in [0.15, 0.2) is 0 Å². The van der Waals surface area contributed by atoms with Crippen LogP contribution < -0.4 is 11.1 Å². The molecule has 106 valence electrons. The largest absolute Gasteiger partial charge is 0.353 e. The van der Waals surface area contributed by atoms with Crippen LogP contribution in [0, 0.1) is 5.92 Å². The van der Waals surface area contributed by atoms with E-state index in [2.05, 4.69) is 17.3 Å². The van der Waals surface area contributed by atoms with Crippen molar-refractivity contribution in [2.24, 2.45) is 11.7 Å². The molecule has 2 bridgehead atoms. The van der Waals surface area contributed by atoms with Crippen LogP contribution in [0.5, 0.6) is 0 Å². The van der Waals surface area contributed by atoms with Gasteiger partial charge in [-0.2, -0.15) is 0 Å². The number of rotatable bonds is 2. The highest BCUT2D eigenvalue weighted by Gasteiger charge is 2.37. The van der Waals surface area contributed by atoms with Gasteiger partial charge >= 0.3 is 0 Å². The number of nitrogens with one attached hydrogen (secondary N) is 1. The Morgan fingerprint density at radius 2 is 1.89 bits per heavy atom. The van der Waals surface area contributed by atoms with Crippen LogP contribution in [0.2, 0.25) is 0 Å². The molecular weight excluding hydrogens is 238 g/mol. The Morgan fingerprint density at radius 3 is 2.47 bits per heavy atom. The first-order chi connectivity index (χ1) is 9.13. The van der Waals surface area contributed by atoms with Crippen LogP contribution in [0.3, 0.4) is 0 Å². The van der Waals surface area contributed by atoms with E-state index >= 15 is 0 Å². The van der Waals surface area contributed by atoms with E-state index in [4.69, 9.17) is 5.73 Å². The molecule has 3 N–H and O–H groups in total. The average Bonchev–Trinajstić information content (AvgIpc) is 2.77. The zero-order valence-corrected chi connectivity index (χ0v) is 11.7. The van der Waals surface area contributed by atoms with Crippen LogP contribution in [0.15, 0.2) is 12.2 Å². The predicted octanol–water partition coefficient (Wildman–Crippen LogP) is 1.02. The molecule has 0 aromatic rings. The molecule has 0 aromatic carbocycles. The molecule has 2 fully saturated rings. The molecule has 4 heteroatoms. The molecular formula is C15H25N3O. The van der Waals surface area contributed by atoms with Crippen molar-refractivity contribution < 1.29 is 4.79 Å². The maximum Gasteiger partial charge on any atom is 0.227 e. The van der Waals surface area contributed by atoms with Gasteiger partial charge in [0.2, 0.25) is 5.91 Å². The summed E-state index contributed by atoms with van der Waals surface area (Å²) < 4.78 is 0. The van der Waals surface area contributed by atoms with Gasteiger partial charge in [-0.05, 0) is 39.2 Å². The summed E-state index contributed by atoms with van der Waals surface area (Å²) in [6, 6.07) is 1.76. The third-order valence-corrected chi connectivity index (χ3v) is 5.14. The Balaban J connectivity index is 1.56. The molecule has 0 spiro atoms. The van der Waals surface area contributed by atoms with E-state index in [0.717, 1.165) is 19.3 Å². The van der Waals surface area contributed by atoms with Gasteiger partial charge in [0.25, 0.3) is 0 Å². The van der Waals surface area contributed by atoms with E-state index in [9.17, 15) is 4.79 Å². The highest BCUT2D eigenvalue weighted by atomic mass is 16.1. The summed E-state index contributed by atoms with van der Waals surface area (Å²) in [6.45, 7) is 0. The third kappa shape index (κ3) is 2.70. The van der Waals surface area contributed by atoms with Crippen LogP contribution in [0.1, 0.15) is 38.5 Å². The van der Waals surface area contributed by atoms with Crippen LogP contribution in [-0.4, -0.2) is 42.0 Å². The number of amides is 1. The number of carbonyl (C=O) groups excluding carboxylic acids is 1. The summed E-state index contributed by atoms with van der Waals surface area (Å²) in [5.74, 6) is 0.173. The molecule has 0 aromatic heterocycles. The monoisotopic (exact) mass is 263 g/mol. The second kappa shape index (κ2) is 5.25. The van der Waals surface area contributed by atoms with Gasteiger partial charge < -0.3 is 16.0 Å². The highest BCUT2D eigenvalue weighted by Crippen LogP contribution is 2.32. The predicted molar refractivity (Wildman–Crippen MR) is 75.6 cm³/mol. The second-order valence-corrected chi connectivity index (χ2v) is 6.47. The standard InChI is InChI=1S/C15H25N3O/c1-18-13-3-2-4-14(18)9-12(8-13)17-15(19)10-5-6-11(16)7-10/h5-6,10-14H,2-4,7-9,16H2,1H3,(H,17,19). The van der Waals surface area contributed by atoms with Gasteiger partial charge in [0, 0.05) is 24.2 Å². The van der Waals surface area contributed by atoms with E-state index in [0.29, 0.717) is 18.1 Å². The van der Waals surface area contributed by atoms with Crippen LogP contribution in [0.25, 0.3) is 0 Å². The summed E-state index contributed by atoms with van der Waals surface area (Å²) in [7, 11) is 2.24. The Morgan fingerprint density at radius 1 is 1.21 bits per heavy atom. The number of nitrogens with zero attached hydrogens (tertiary/aromatic N) is 1. The van der Waals surface area contributed by atoms with Crippen molar-refractivity contribution in [3.63, 3.8) is 0 Å². The fourth-order valence-corrected chi connectivity index (χ4v) is 3.96. The normalized spacial score (nSPS) is 42.3. The molecule has 4 unspecified atom stereocenters. The molecule has 2 heterocycles. The highest BCUT2D eigenvalue weighted by molar-refractivity contribution is 5.81. The first-order valence-corrected chi connectivity index (χ1v) is 7.59. The number of nitrogens with two attached hydrogens (primary N) is 1. The molecule has 4 atom stereocenters. The molecule has 0 radical (unpaired) electrons.